The number of methoxy groups -OCH3 is 1. The van der Waals surface area contributed by atoms with Crippen LogP contribution < -0.4 is 14.8 Å². The number of nitrogens with zero attached hydrogens (tertiary/aromatic N) is 2. The Labute approximate surface area is 188 Å². The van der Waals surface area contributed by atoms with E-state index < -0.39 is 33.5 Å². The third kappa shape index (κ3) is 5.43. The Kier molecular flexibility index (Phi) is 7.47. The van der Waals surface area contributed by atoms with Crippen LogP contribution in [0.25, 0.3) is 11.1 Å². The number of anilines is 1. The molecule has 1 aromatic heterocycles. The van der Waals surface area contributed by atoms with Gasteiger partial charge in [-0.25, -0.2) is 22.5 Å². The number of ether oxygens (including phenoxy) is 1. The van der Waals surface area contributed by atoms with Crippen LogP contribution in [-0.2, 0) is 14.8 Å². The van der Waals surface area contributed by atoms with Gasteiger partial charge in [-0.2, -0.15) is 0 Å². The lowest BCUT2D eigenvalue weighted by molar-refractivity contribution is -0.115. The van der Waals surface area contributed by atoms with E-state index in [2.05, 4.69) is 15.0 Å². The van der Waals surface area contributed by atoms with E-state index in [0.29, 0.717) is 41.3 Å². The van der Waals surface area contributed by atoms with Crippen molar-refractivity contribution in [3.8, 4) is 17.0 Å². The van der Waals surface area contributed by atoms with Crippen LogP contribution in [-0.4, -0.2) is 62.7 Å². The lowest BCUT2D eigenvalue weighted by Gasteiger charge is -2.37. The van der Waals surface area contributed by atoms with E-state index in [1.54, 1.807) is 12.1 Å². The second-order valence-electron chi connectivity index (χ2n) is 8.05. The van der Waals surface area contributed by atoms with Gasteiger partial charge >= 0.3 is 0 Å². The Morgan fingerprint density at radius 2 is 2.03 bits per heavy atom. The van der Waals surface area contributed by atoms with Crippen LogP contribution in [0.15, 0.2) is 30.5 Å². The fraction of sp³-hybridized carbons (Fsp3) is 0.455. The van der Waals surface area contributed by atoms with Gasteiger partial charge in [-0.05, 0) is 41.8 Å². The average Bonchev–Trinajstić information content (AvgIpc) is 2.72. The van der Waals surface area contributed by atoms with Crippen molar-refractivity contribution in [2.75, 3.05) is 38.6 Å². The molecule has 2 heterocycles. The molecule has 8 nitrogen and oxygen atoms in total. The van der Waals surface area contributed by atoms with Crippen molar-refractivity contribution in [1.82, 2.24) is 14.6 Å². The minimum atomic E-state index is -3.60. The molecule has 0 radical (unpaired) electrons. The number of sulfonamides is 1. The van der Waals surface area contributed by atoms with Gasteiger partial charge < -0.3 is 15.0 Å². The Bertz CT molecular complexity index is 1090. The summed E-state index contributed by atoms with van der Waals surface area (Å²) in [4.78, 5) is 18.8. The van der Waals surface area contributed by atoms with E-state index in [0.717, 1.165) is 6.54 Å². The van der Waals surface area contributed by atoms with Crippen molar-refractivity contribution in [2.24, 2.45) is 0 Å². The highest BCUT2D eigenvalue weighted by Crippen LogP contribution is 2.36. The quantitative estimate of drug-likeness (QED) is 0.592. The molecule has 0 unspecified atom stereocenters. The number of aromatic nitrogens is 1. The number of rotatable bonds is 9. The number of likely N-dealkylation sites (tertiary alicyclic amines) is 1. The predicted molar refractivity (Wildman–Crippen MR) is 122 cm³/mol. The molecular formula is C22H29FN4O4S. The molecule has 10 heteroatoms. The van der Waals surface area contributed by atoms with Gasteiger partial charge in [0.2, 0.25) is 21.8 Å². The third-order valence-electron chi connectivity index (χ3n) is 5.52. The highest BCUT2D eigenvalue weighted by Gasteiger charge is 2.36. The van der Waals surface area contributed by atoms with E-state index >= 15 is 0 Å². The minimum absolute atomic E-state index is 0.0878. The van der Waals surface area contributed by atoms with E-state index in [9.17, 15) is 17.6 Å². The number of amides is 1. The van der Waals surface area contributed by atoms with Crippen molar-refractivity contribution in [2.45, 2.75) is 31.9 Å². The van der Waals surface area contributed by atoms with Crippen LogP contribution in [0.5, 0.6) is 5.88 Å². The molecule has 0 atom stereocenters. The van der Waals surface area contributed by atoms with Crippen molar-refractivity contribution < 1.29 is 22.3 Å². The molecule has 1 aromatic carbocycles. The summed E-state index contributed by atoms with van der Waals surface area (Å²) in [5.74, 6) is -0.709. The molecule has 1 amide bonds. The van der Waals surface area contributed by atoms with Crippen LogP contribution in [0.3, 0.4) is 0 Å². The molecule has 1 fully saturated rings. The molecule has 1 aliphatic rings. The normalized spacial score (nSPS) is 14.9. The van der Waals surface area contributed by atoms with Gasteiger partial charge in [-0.1, -0.05) is 20.8 Å². The minimum Gasteiger partial charge on any atom is -0.481 e. The first-order valence-corrected chi connectivity index (χ1v) is 12.0. The molecule has 1 saturated heterocycles. The predicted octanol–water partition coefficient (Wildman–Crippen LogP) is 2.58. The van der Waals surface area contributed by atoms with E-state index in [4.69, 9.17) is 4.74 Å². The fourth-order valence-electron chi connectivity index (χ4n) is 3.58. The zero-order valence-electron chi connectivity index (χ0n) is 18.7. The van der Waals surface area contributed by atoms with E-state index in [1.165, 1.54) is 25.4 Å². The SMILES string of the molecule is CCN1CC(S(=O)(=O)NCC(=O)Nc2c(-c3ccnc(OC)c3)cc(F)cc2C(C)C)C1. The largest absolute Gasteiger partial charge is 0.481 e. The summed E-state index contributed by atoms with van der Waals surface area (Å²) in [6.07, 6.45) is 1.53. The van der Waals surface area contributed by atoms with Gasteiger partial charge in [0, 0.05) is 30.9 Å². The molecule has 0 spiro atoms. The summed E-state index contributed by atoms with van der Waals surface area (Å²) >= 11 is 0. The number of nitrogens with one attached hydrogen (secondary N) is 2. The molecule has 1 aliphatic heterocycles. The van der Waals surface area contributed by atoms with Crippen LogP contribution in [0, 0.1) is 5.82 Å². The third-order valence-corrected chi connectivity index (χ3v) is 7.24. The zero-order chi connectivity index (χ0) is 23.5. The Morgan fingerprint density at radius 1 is 1.31 bits per heavy atom. The average molecular weight is 465 g/mol. The lowest BCUT2D eigenvalue weighted by Crippen LogP contribution is -2.57. The monoisotopic (exact) mass is 464 g/mol. The van der Waals surface area contributed by atoms with Gasteiger partial charge in [0.05, 0.1) is 19.3 Å². The number of pyridine rings is 1. The smallest absolute Gasteiger partial charge is 0.239 e. The van der Waals surface area contributed by atoms with Crippen LogP contribution in [0.4, 0.5) is 10.1 Å². The zero-order valence-corrected chi connectivity index (χ0v) is 19.5. The number of carbonyl (C=O) groups excluding carboxylic acids is 1. The number of hydrogen-bond acceptors (Lipinski definition) is 6. The summed E-state index contributed by atoms with van der Waals surface area (Å²) in [6, 6.07) is 6.04. The highest BCUT2D eigenvalue weighted by atomic mass is 32.2. The van der Waals surface area contributed by atoms with Gasteiger partial charge in [0.25, 0.3) is 0 Å². The molecule has 174 valence electrons. The second kappa shape index (κ2) is 9.93. The maximum Gasteiger partial charge on any atom is 0.239 e. The summed E-state index contributed by atoms with van der Waals surface area (Å²) in [5, 5.41) is 2.27. The number of hydrogen-bond donors (Lipinski definition) is 2. The number of benzene rings is 1. The Hall–Kier alpha value is -2.56. The van der Waals surface area contributed by atoms with E-state index in [-0.39, 0.29) is 5.92 Å². The lowest BCUT2D eigenvalue weighted by atomic mass is 9.94. The Morgan fingerprint density at radius 3 is 2.66 bits per heavy atom. The molecule has 0 saturated carbocycles. The van der Waals surface area contributed by atoms with Gasteiger partial charge in [0.15, 0.2) is 0 Å². The number of halogens is 1. The van der Waals surface area contributed by atoms with E-state index in [1.807, 2.05) is 25.7 Å². The van der Waals surface area contributed by atoms with Crippen LogP contribution in [0.1, 0.15) is 32.3 Å². The molecule has 2 aromatic rings. The van der Waals surface area contributed by atoms with Crippen molar-refractivity contribution in [3.63, 3.8) is 0 Å². The fourth-order valence-corrected chi connectivity index (χ4v) is 4.97. The number of carbonyl (C=O) groups is 1. The standard InChI is InChI=1S/C22H29FN4O4S/c1-5-27-12-17(13-27)32(29,30)25-11-20(28)26-22-18(14(2)3)9-16(23)10-19(22)15-6-7-24-21(8-15)31-4/h6-10,14,17,25H,5,11-13H2,1-4H3,(H,26,28). The molecule has 2 N–H and O–H groups in total. The maximum atomic E-state index is 14.4. The van der Waals surface area contributed by atoms with Gasteiger partial charge in [-0.3, -0.25) is 4.79 Å². The first-order chi connectivity index (χ1) is 15.1. The molecule has 3 rings (SSSR count). The maximum absolute atomic E-state index is 14.4. The summed E-state index contributed by atoms with van der Waals surface area (Å²) < 4.78 is 46.8. The molecule has 0 bridgehead atoms. The summed E-state index contributed by atoms with van der Waals surface area (Å²) in [5.41, 5.74) is 2.11. The van der Waals surface area contributed by atoms with Gasteiger partial charge in [0.1, 0.15) is 11.1 Å². The second-order valence-corrected chi connectivity index (χ2v) is 10.1. The van der Waals surface area contributed by atoms with Gasteiger partial charge in [-0.15, -0.1) is 0 Å². The molecule has 0 aliphatic carbocycles. The first kappa shape index (κ1) is 24.1. The molecule has 32 heavy (non-hydrogen) atoms. The van der Waals surface area contributed by atoms with Crippen molar-refractivity contribution >= 4 is 21.6 Å². The summed E-state index contributed by atoms with van der Waals surface area (Å²) in [6.45, 7) is 7.04. The highest BCUT2D eigenvalue weighted by molar-refractivity contribution is 7.90. The topological polar surface area (TPSA) is 101 Å². The summed E-state index contributed by atoms with van der Waals surface area (Å²) in [7, 11) is -2.12. The van der Waals surface area contributed by atoms with Crippen molar-refractivity contribution in [1.29, 1.82) is 0 Å². The van der Waals surface area contributed by atoms with Crippen molar-refractivity contribution in [3.05, 3.63) is 41.8 Å². The van der Waals surface area contributed by atoms with Crippen LogP contribution >= 0.6 is 0 Å². The Balaban J connectivity index is 1.83. The van der Waals surface area contributed by atoms with Crippen LogP contribution in [0.2, 0.25) is 0 Å². The molecular weight excluding hydrogens is 435 g/mol. The first-order valence-electron chi connectivity index (χ1n) is 10.5.